The van der Waals surface area contributed by atoms with E-state index in [0.29, 0.717) is 23.4 Å². The molecule has 160 valence electrons. The first-order chi connectivity index (χ1) is 13.5. The maximum absolute atomic E-state index is 14.4. The summed E-state index contributed by atoms with van der Waals surface area (Å²) in [6.45, 7) is 1.63. The molecular formula is C20H24F3NO4S. The normalized spacial score (nSPS) is 21.8. The predicted octanol–water partition coefficient (Wildman–Crippen LogP) is 4.65. The third-order valence-electron chi connectivity index (χ3n) is 5.28. The lowest BCUT2D eigenvalue weighted by Crippen LogP contribution is -2.36. The average Bonchev–Trinajstić information content (AvgIpc) is 3.05. The number of ether oxygens (including phenoxy) is 1. The molecule has 9 heteroatoms. The zero-order chi connectivity index (χ0) is 21.2. The fourth-order valence-electron chi connectivity index (χ4n) is 3.70. The second kappa shape index (κ2) is 8.38. The van der Waals surface area contributed by atoms with Gasteiger partial charge in [-0.3, -0.25) is 0 Å². The van der Waals surface area contributed by atoms with E-state index in [1.807, 2.05) is 0 Å². The largest absolute Gasteiger partial charge is 0.490 e. The lowest BCUT2D eigenvalue weighted by Gasteiger charge is -2.35. The van der Waals surface area contributed by atoms with E-state index in [9.17, 15) is 21.6 Å². The van der Waals surface area contributed by atoms with Gasteiger partial charge < -0.3 is 9.26 Å². The lowest BCUT2D eigenvalue weighted by molar-refractivity contribution is -0.0772. The number of nitrogens with zero attached hydrogens (tertiary/aromatic N) is 1. The number of sulfone groups is 1. The van der Waals surface area contributed by atoms with Crippen LogP contribution in [0, 0.1) is 24.6 Å². The minimum absolute atomic E-state index is 0.0373. The standard InChI is InChI=1S/C20H24F3NO4S/c1-13-9-18(24-28-13)15-3-4-19(17(21)10-15)27-12-16-11-20(22,23)7-5-14(16)6-8-29(2,25)26/h3-4,9-10,14,16H,5-8,11-12H2,1-2H3/t14?,16-/m1/s1. The molecule has 0 radical (unpaired) electrons. The highest BCUT2D eigenvalue weighted by molar-refractivity contribution is 7.90. The molecule has 0 N–H and O–H groups in total. The molecule has 0 bridgehead atoms. The smallest absolute Gasteiger partial charge is 0.248 e. The second-order valence-corrected chi connectivity index (χ2v) is 10.1. The summed E-state index contributed by atoms with van der Waals surface area (Å²) in [6.07, 6.45) is 1.00. The van der Waals surface area contributed by atoms with Gasteiger partial charge in [-0.25, -0.2) is 21.6 Å². The van der Waals surface area contributed by atoms with E-state index in [1.54, 1.807) is 19.1 Å². The molecule has 1 aromatic heterocycles. The van der Waals surface area contributed by atoms with Crippen molar-refractivity contribution in [3.63, 3.8) is 0 Å². The topological polar surface area (TPSA) is 69.4 Å². The van der Waals surface area contributed by atoms with Gasteiger partial charge in [0.2, 0.25) is 5.92 Å². The van der Waals surface area contributed by atoms with E-state index in [0.717, 1.165) is 6.26 Å². The second-order valence-electron chi connectivity index (χ2n) is 7.82. The molecule has 3 rings (SSSR count). The summed E-state index contributed by atoms with van der Waals surface area (Å²) >= 11 is 0. The first-order valence-electron chi connectivity index (χ1n) is 9.44. The fourth-order valence-corrected chi connectivity index (χ4v) is 4.43. The van der Waals surface area contributed by atoms with Crippen LogP contribution in [0.5, 0.6) is 5.75 Å². The van der Waals surface area contributed by atoms with Crippen molar-refractivity contribution in [2.75, 3.05) is 18.6 Å². The molecule has 0 aliphatic heterocycles. The Balaban J connectivity index is 1.68. The molecule has 1 aromatic carbocycles. The predicted molar refractivity (Wildman–Crippen MR) is 102 cm³/mol. The lowest BCUT2D eigenvalue weighted by atomic mass is 9.76. The van der Waals surface area contributed by atoms with Crippen LogP contribution in [0.1, 0.15) is 31.4 Å². The van der Waals surface area contributed by atoms with Gasteiger partial charge in [0.15, 0.2) is 11.6 Å². The molecule has 0 amide bonds. The first kappa shape index (κ1) is 21.7. The Kier molecular flexibility index (Phi) is 6.26. The molecule has 0 spiro atoms. The maximum Gasteiger partial charge on any atom is 0.248 e. The van der Waals surface area contributed by atoms with Crippen LogP contribution in [0.25, 0.3) is 11.3 Å². The van der Waals surface area contributed by atoms with Crippen LogP contribution >= 0.6 is 0 Å². The molecular weight excluding hydrogens is 407 g/mol. The van der Waals surface area contributed by atoms with E-state index >= 15 is 0 Å². The van der Waals surface area contributed by atoms with Crippen molar-refractivity contribution in [1.82, 2.24) is 5.16 Å². The van der Waals surface area contributed by atoms with E-state index in [1.165, 1.54) is 12.1 Å². The number of benzene rings is 1. The number of rotatable bonds is 7. The molecule has 1 aliphatic rings. The van der Waals surface area contributed by atoms with Crippen molar-refractivity contribution >= 4 is 9.84 Å². The molecule has 2 aromatic rings. The highest BCUT2D eigenvalue weighted by atomic mass is 32.2. The third-order valence-corrected chi connectivity index (χ3v) is 6.25. The quantitative estimate of drug-likeness (QED) is 0.638. The number of alkyl halides is 2. The van der Waals surface area contributed by atoms with Crippen molar-refractivity contribution in [2.45, 2.75) is 38.5 Å². The van der Waals surface area contributed by atoms with Gasteiger partial charge in [0.1, 0.15) is 21.3 Å². The van der Waals surface area contributed by atoms with Crippen molar-refractivity contribution in [3.8, 4) is 17.0 Å². The summed E-state index contributed by atoms with van der Waals surface area (Å²) in [7, 11) is -3.18. The number of hydrogen-bond donors (Lipinski definition) is 0. The molecule has 1 unspecified atom stereocenters. The first-order valence-corrected chi connectivity index (χ1v) is 11.5. The van der Waals surface area contributed by atoms with E-state index in [-0.39, 0.29) is 43.3 Å². The molecule has 5 nitrogen and oxygen atoms in total. The van der Waals surface area contributed by atoms with Gasteiger partial charge in [-0.2, -0.15) is 0 Å². The zero-order valence-electron chi connectivity index (χ0n) is 16.3. The Labute approximate surface area is 168 Å². The average molecular weight is 431 g/mol. The molecule has 1 fully saturated rings. The molecule has 1 saturated carbocycles. The summed E-state index contributed by atoms with van der Waals surface area (Å²) in [4.78, 5) is 0. The van der Waals surface area contributed by atoms with Crippen molar-refractivity contribution in [1.29, 1.82) is 0 Å². The monoisotopic (exact) mass is 431 g/mol. The Morgan fingerprint density at radius 3 is 2.66 bits per heavy atom. The van der Waals surface area contributed by atoms with Crippen LogP contribution in [0.15, 0.2) is 28.8 Å². The summed E-state index contributed by atoms with van der Waals surface area (Å²) in [5.74, 6) is -3.69. The SMILES string of the molecule is Cc1cc(-c2ccc(OC[C@H]3CC(F)(F)CCC3CCS(C)(=O)=O)c(F)c2)no1. The molecule has 0 saturated heterocycles. The number of hydrogen-bond acceptors (Lipinski definition) is 5. The van der Waals surface area contributed by atoms with Crippen molar-refractivity contribution in [3.05, 3.63) is 35.8 Å². The van der Waals surface area contributed by atoms with Gasteiger partial charge in [0.25, 0.3) is 0 Å². The minimum Gasteiger partial charge on any atom is -0.490 e. The van der Waals surface area contributed by atoms with Gasteiger partial charge in [-0.15, -0.1) is 0 Å². The van der Waals surface area contributed by atoms with Crippen LogP contribution in [0.3, 0.4) is 0 Å². The number of halogens is 3. The van der Waals surface area contributed by atoms with Crippen molar-refractivity contribution < 1.29 is 30.8 Å². The third kappa shape index (κ3) is 5.98. The van der Waals surface area contributed by atoms with Crippen LogP contribution < -0.4 is 4.74 Å². The zero-order valence-corrected chi connectivity index (χ0v) is 17.1. The molecule has 29 heavy (non-hydrogen) atoms. The summed E-state index contributed by atoms with van der Waals surface area (Å²) in [6, 6.07) is 5.97. The van der Waals surface area contributed by atoms with Gasteiger partial charge in [0.05, 0.1) is 12.4 Å². The summed E-state index contributed by atoms with van der Waals surface area (Å²) in [5, 5.41) is 3.83. The van der Waals surface area contributed by atoms with E-state index in [4.69, 9.17) is 9.26 Å². The van der Waals surface area contributed by atoms with Crippen molar-refractivity contribution in [2.24, 2.45) is 11.8 Å². The van der Waals surface area contributed by atoms with E-state index in [2.05, 4.69) is 5.16 Å². The maximum atomic E-state index is 14.4. The number of aryl methyl sites for hydroxylation is 1. The van der Waals surface area contributed by atoms with E-state index < -0.39 is 27.5 Å². The van der Waals surface area contributed by atoms with Gasteiger partial charge in [0, 0.05) is 36.6 Å². The Hall–Kier alpha value is -2.03. The van der Waals surface area contributed by atoms with Gasteiger partial charge >= 0.3 is 0 Å². The summed E-state index contributed by atoms with van der Waals surface area (Å²) in [5.41, 5.74) is 1.00. The Morgan fingerprint density at radius 2 is 2.03 bits per heavy atom. The highest BCUT2D eigenvalue weighted by Gasteiger charge is 2.41. The Bertz CT molecular complexity index is 958. The van der Waals surface area contributed by atoms with Crippen LogP contribution in [-0.2, 0) is 9.84 Å². The molecule has 1 aliphatic carbocycles. The minimum atomic E-state index is -3.18. The van der Waals surface area contributed by atoms with Crippen LogP contribution in [0.4, 0.5) is 13.2 Å². The summed E-state index contributed by atoms with van der Waals surface area (Å²) < 4.78 is 75.6. The number of aromatic nitrogens is 1. The van der Waals surface area contributed by atoms with Crippen LogP contribution in [-0.4, -0.2) is 38.1 Å². The van der Waals surface area contributed by atoms with Gasteiger partial charge in [-0.05, 0) is 43.9 Å². The molecule has 1 heterocycles. The van der Waals surface area contributed by atoms with Gasteiger partial charge in [-0.1, -0.05) is 5.16 Å². The Morgan fingerprint density at radius 1 is 1.28 bits per heavy atom. The highest BCUT2D eigenvalue weighted by Crippen LogP contribution is 2.42. The fraction of sp³-hybridized carbons (Fsp3) is 0.550. The van der Waals surface area contributed by atoms with Crippen LogP contribution in [0.2, 0.25) is 0 Å². The molecule has 2 atom stereocenters.